The van der Waals surface area contributed by atoms with E-state index in [4.69, 9.17) is 5.73 Å². The predicted octanol–water partition coefficient (Wildman–Crippen LogP) is 1.64. The number of aromatic nitrogens is 2. The molecule has 1 amide bonds. The van der Waals surface area contributed by atoms with Gasteiger partial charge in [0.25, 0.3) is 5.91 Å². The van der Waals surface area contributed by atoms with Crippen molar-refractivity contribution in [1.29, 1.82) is 0 Å². The number of nitrogens with two attached hydrogens (primary N) is 1. The number of para-hydroxylation sites is 1. The highest BCUT2D eigenvalue weighted by atomic mass is 16.1. The van der Waals surface area contributed by atoms with Gasteiger partial charge in [-0.1, -0.05) is 25.1 Å². The minimum atomic E-state index is -0.198. The van der Waals surface area contributed by atoms with Gasteiger partial charge in [-0.15, -0.1) is 0 Å². The average Bonchev–Trinajstić information content (AvgIpc) is 2.95. The quantitative estimate of drug-likeness (QED) is 0.875. The van der Waals surface area contributed by atoms with Gasteiger partial charge in [-0.3, -0.25) is 4.79 Å². The fraction of sp³-hybridized carbons (Fsp3) is 0.286. The zero-order valence-electron chi connectivity index (χ0n) is 11.1. The third-order valence-corrected chi connectivity index (χ3v) is 3.07. The zero-order valence-corrected chi connectivity index (χ0v) is 11.1. The topological polar surface area (TPSA) is 72.9 Å². The predicted molar refractivity (Wildman–Crippen MR) is 74.2 cm³/mol. The molecule has 0 unspecified atom stereocenters. The lowest BCUT2D eigenvalue weighted by atomic mass is 10.0. The number of hydrogen-bond acceptors (Lipinski definition) is 3. The van der Waals surface area contributed by atoms with Crippen molar-refractivity contribution in [3.63, 3.8) is 0 Å². The maximum absolute atomic E-state index is 11.5. The van der Waals surface area contributed by atoms with Gasteiger partial charge in [0.2, 0.25) is 0 Å². The summed E-state index contributed by atoms with van der Waals surface area (Å²) in [6.07, 6.45) is 2.62. The second-order valence-electron chi connectivity index (χ2n) is 4.30. The first-order valence-corrected chi connectivity index (χ1v) is 6.30. The molecule has 0 saturated carbocycles. The summed E-state index contributed by atoms with van der Waals surface area (Å²) in [5.41, 5.74) is 8.43. The van der Waals surface area contributed by atoms with E-state index < -0.39 is 0 Å². The number of rotatable bonds is 4. The van der Waals surface area contributed by atoms with Crippen LogP contribution in [-0.2, 0) is 0 Å². The Bertz CT molecular complexity index is 576. The van der Waals surface area contributed by atoms with Crippen LogP contribution in [0, 0.1) is 0 Å². The number of benzene rings is 1. The molecule has 1 aromatic heterocycles. The van der Waals surface area contributed by atoms with Gasteiger partial charge in [0, 0.05) is 19.3 Å². The van der Waals surface area contributed by atoms with Crippen LogP contribution in [0.2, 0.25) is 0 Å². The van der Waals surface area contributed by atoms with Crippen LogP contribution in [0.25, 0.3) is 5.69 Å². The van der Waals surface area contributed by atoms with Crippen molar-refractivity contribution < 1.29 is 4.79 Å². The number of hydrogen-bond donors (Lipinski definition) is 2. The van der Waals surface area contributed by atoms with Crippen molar-refractivity contribution >= 4 is 5.91 Å². The highest BCUT2D eigenvalue weighted by molar-refractivity contribution is 5.91. The molecule has 1 aromatic carbocycles. The third kappa shape index (κ3) is 2.66. The Labute approximate surface area is 112 Å². The lowest BCUT2D eigenvalue weighted by molar-refractivity contribution is 0.0957. The second-order valence-corrected chi connectivity index (χ2v) is 4.30. The maximum atomic E-state index is 11.5. The summed E-state index contributed by atoms with van der Waals surface area (Å²) in [5.74, 6) is -0.198. The number of carbonyl (C=O) groups is 1. The van der Waals surface area contributed by atoms with Crippen molar-refractivity contribution in [2.75, 3.05) is 7.05 Å². The normalized spacial score (nSPS) is 12.2. The molecule has 2 rings (SSSR count). The van der Waals surface area contributed by atoms with E-state index in [1.807, 2.05) is 31.2 Å². The van der Waals surface area contributed by atoms with E-state index >= 15 is 0 Å². The number of amides is 1. The number of carbonyl (C=O) groups excluding carboxylic acids is 1. The first-order valence-electron chi connectivity index (χ1n) is 6.30. The lowest BCUT2D eigenvalue weighted by Crippen LogP contribution is -2.19. The van der Waals surface area contributed by atoms with Gasteiger partial charge >= 0.3 is 0 Å². The minimum absolute atomic E-state index is 0.0381. The number of nitrogens with one attached hydrogen (secondary N) is 1. The van der Waals surface area contributed by atoms with Crippen LogP contribution in [0.3, 0.4) is 0 Å². The molecule has 2 aromatic rings. The molecule has 19 heavy (non-hydrogen) atoms. The molecule has 0 bridgehead atoms. The van der Waals surface area contributed by atoms with Gasteiger partial charge in [0.05, 0.1) is 5.69 Å². The van der Waals surface area contributed by atoms with Crippen LogP contribution in [-0.4, -0.2) is 22.7 Å². The third-order valence-electron chi connectivity index (χ3n) is 3.07. The van der Waals surface area contributed by atoms with Crippen molar-refractivity contribution in [3.05, 3.63) is 47.8 Å². The molecule has 0 fully saturated rings. The Hall–Kier alpha value is -2.14. The van der Waals surface area contributed by atoms with E-state index in [0.717, 1.165) is 17.7 Å². The Kier molecular flexibility index (Phi) is 3.97. The first-order chi connectivity index (χ1) is 9.17. The van der Waals surface area contributed by atoms with E-state index in [2.05, 4.69) is 10.4 Å². The van der Waals surface area contributed by atoms with Gasteiger partial charge < -0.3 is 11.1 Å². The van der Waals surface area contributed by atoms with Gasteiger partial charge in [0.15, 0.2) is 5.69 Å². The zero-order chi connectivity index (χ0) is 13.8. The highest BCUT2D eigenvalue weighted by Gasteiger charge is 2.13. The van der Waals surface area contributed by atoms with Gasteiger partial charge in [-0.25, -0.2) is 4.68 Å². The summed E-state index contributed by atoms with van der Waals surface area (Å²) < 4.78 is 1.69. The van der Waals surface area contributed by atoms with E-state index in [9.17, 15) is 4.79 Å². The Morgan fingerprint density at radius 3 is 2.84 bits per heavy atom. The summed E-state index contributed by atoms with van der Waals surface area (Å²) in [6.45, 7) is 2.04. The molecule has 1 atom stereocenters. The van der Waals surface area contributed by atoms with Crippen LogP contribution >= 0.6 is 0 Å². The van der Waals surface area contributed by atoms with Gasteiger partial charge in [-0.05, 0) is 24.1 Å². The van der Waals surface area contributed by atoms with Crippen LogP contribution in [0.15, 0.2) is 36.5 Å². The van der Waals surface area contributed by atoms with Crippen LogP contribution in [0.1, 0.15) is 35.4 Å². The van der Waals surface area contributed by atoms with Crippen LogP contribution in [0.5, 0.6) is 0 Å². The summed E-state index contributed by atoms with van der Waals surface area (Å²) >= 11 is 0. The molecule has 5 nitrogen and oxygen atoms in total. The molecular weight excluding hydrogens is 240 g/mol. The Morgan fingerprint density at radius 1 is 1.42 bits per heavy atom. The molecule has 0 saturated heterocycles. The smallest absolute Gasteiger partial charge is 0.271 e. The maximum Gasteiger partial charge on any atom is 0.271 e. The monoisotopic (exact) mass is 258 g/mol. The Balaban J connectivity index is 2.42. The summed E-state index contributed by atoms with van der Waals surface area (Å²) in [7, 11) is 1.59. The molecule has 3 N–H and O–H groups in total. The SMILES string of the molecule is CC[C@@H](N)c1ccccc1-n1ccc(C(=O)NC)n1. The molecule has 100 valence electrons. The molecule has 0 aliphatic carbocycles. The molecular formula is C14H18N4O. The Morgan fingerprint density at radius 2 is 2.16 bits per heavy atom. The van der Waals surface area contributed by atoms with E-state index in [1.54, 1.807) is 24.0 Å². The summed E-state index contributed by atoms with van der Waals surface area (Å²) in [4.78, 5) is 11.5. The highest BCUT2D eigenvalue weighted by Crippen LogP contribution is 2.21. The van der Waals surface area contributed by atoms with Crippen molar-refractivity contribution in [1.82, 2.24) is 15.1 Å². The van der Waals surface area contributed by atoms with E-state index in [-0.39, 0.29) is 11.9 Å². The van der Waals surface area contributed by atoms with Crippen LogP contribution in [0.4, 0.5) is 0 Å². The molecule has 0 aliphatic rings. The first kappa shape index (κ1) is 13.3. The van der Waals surface area contributed by atoms with Crippen molar-refractivity contribution in [3.8, 4) is 5.69 Å². The van der Waals surface area contributed by atoms with Crippen molar-refractivity contribution in [2.24, 2.45) is 5.73 Å². The summed E-state index contributed by atoms with van der Waals surface area (Å²) in [6, 6.07) is 9.48. The average molecular weight is 258 g/mol. The van der Waals surface area contributed by atoms with E-state index in [0.29, 0.717) is 5.69 Å². The largest absolute Gasteiger partial charge is 0.354 e. The lowest BCUT2D eigenvalue weighted by Gasteiger charge is -2.14. The van der Waals surface area contributed by atoms with E-state index in [1.165, 1.54) is 0 Å². The summed E-state index contributed by atoms with van der Waals surface area (Å²) in [5, 5.41) is 6.83. The molecule has 0 spiro atoms. The number of nitrogens with zero attached hydrogens (tertiary/aromatic N) is 2. The second kappa shape index (κ2) is 5.67. The molecule has 0 radical (unpaired) electrons. The van der Waals surface area contributed by atoms with Gasteiger partial charge in [0.1, 0.15) is 0 Å². The molecule has 0 aliphatic heterocycles. The fourth-order valence-electron chi connectivity index (χ4n) is 1.94. The van der Waals surface area contributed by atoms with Crippen molar-refractivity contribution in [2.45, 2.75) is 19.4 Å². The fourth-order valence-corrected chi connectivity index (χ4v) is 1.94. The standard InChI is InChI=1S/C14H18N4O/c1-3-11(15)10-6-4-5-7-13(10)18-9-8-12(17-18)14(19)16-2/h4-9,11H,3,15H2,1-2H3,(H,16,19)/t11-/m1/s1. The minimum Gasteiger partial charge on any atom is -0.354 e. The van der Waals surface area contributed by atoms with Gasteiger partial charge in [-0.2, -0.15) is 5.10 Å². The molecule has 5 heteroatoms. The van der Waals surface area contributed by atoms with Crippen LogP contribution < -0.4 is 11.1 Å². The molecule has 1 heterocycles.